The van der Waals surface area contributed by atoms with E-state index in [4.69, 9.17) is 13.9 Å². The highest BCUT2D eigenvalue weighted by atomic mass is 16.6. The monoisotopic (exact) mass is 383 g/mol. The Morgan fingerprint density at radius 1 is 1.11 bits per heavy atom. The summed E-state index contributed by atoms with van der Waals surface area (Å²) in [4.78, 5) is 22.2. The molecule has 0 fully saturated rings. The maximum Gasteiger partial charge on any atom is 0.336 e. The summed E-state index contributed by atoms with van der Waals surface area (Å²) in [5.41, 5.74) is 1.54. The highest BCUT2D eigenvalue weighted by Crippen LogP contribution is 2.28. The van der Waals surface area contributed by atoms with E-state index in [-0.39, 0.29) is 12.3 Å². The van der Waals surface area contributed by atoms with Gasteiger partial charge in [0, 0.05) is 29.1 Å². The van der Waals surface area contributed by atoms with Crippen molar-refractivity contribution in [2.45, 2.75) is 33.3 Å². The molecule has 0 N–H and O–H groups in total. The molecule has 1 aromatic heterocycles. The molecule has 0 aliphatic carbocycles. The Hall–Kier alpha value is -3.35. The number of nitrogens with zero attached hydrogens (tertiary/aromatic N) is 1. The normalized spacial score (nSPS) is 10.8. The number of hydrogen-bond acceptors (Lipinski definition) is 6. The van der Waals surface area contributed by atoms with Crippen LogP contribution >= 0.6 is 0 Å². The maximum absolute atomic E-state index is 11.6. The van der Waals surface area contributed by atoms with E-state index in [1.165, 1.54) is 18.2 Å². The average Bonchev–Trinajstić information content (AvgIpc) is 2.66. The first kappa shape index (κ1) is 19.4. The van der Waals surface area contributed by atoms with Crippen LogP contribution < -0.4 is 15.1 Å². The van der Waals surface area contributed by atoms with Gasteiger partial charge in [-0.05, 0) is 37.1 Å². The van der Waals surface area contributed by atoms with Crippen LogP contribution in [0.4, 0.5) is 5.69 Å². The Labute approximate surface area is 161 Å². The summed E-state index contributed by atoms with van der Waals surface area (Å²) in [6, 6.07) is 11.2. The third-order valence-electron chi connectivity index (χ3n) is 4.33. The van der Waals surface area contributed by atoms with Crippen molar-refractivity contribution < 1.29 is 18.8 Å². The number of ether oxygens (including phenoxy) is 2. The van der Waals surface area contributed by atoms with E-state index in [0.29, 0.717) is 29.3 Å². The second-order valence-corrected chi connectivity index (χ2v) is 6.45. The zero-order valence-corrected chi connectivity index (χ0v) is 15.8. The van der Waals surface area contributed by atoms with Crippen molar-refractivity contribution in [3.05, 3.63) is 74.1 Å². The lowest BCUT2D eigenvalue weighted by Crippen LogP contribution is -2.04. The van der Waals surface area contributed by atoms with Gasteiger partial charge in [-0.15, -0.1) is 0 Å². The molecule has 0 spiro atoms. The first-order chi connectivity index (χ1) is 13.5. The molecule has 1 heterocycles. The molecule has 0 aliphatic heterocycles. The second-order valence-electron chi connectivity index (χ2n) is 6.45. The van der Waals surface area contributed by atoms with Gasteiger partial charge in [0.25, 0.3) is 5.69 Å². The Morgan fingerprint density at radius 2 is 1.93 bits per heavy atom. The van der Waals surface area contributed by atoms with Gasteiger partial charge >= 0.3 is 5.63 Å². The number of nitro groups is 1. The van der Waals surface area contributed by atoms with Gasteiger partial charge in [0.2, 0.25) is 0 Å². The van der Waals surface area contributed by atoms with Gasteiger partial charge in [-0.25, -0.2) is 4.79 Å². The fourth-order valence-electron chi connectivity index (χ4n) is 2.79. The van der Waals surface area contributed by atoms with Crippen LogP contribution in [0.3, 0.4) is 0 Å². The molecule has 3 aromatic rings. The number of non-ortho nitro benzene ring substituents is 1. The first-order valence-electron chi connectivity index (χ1n) is 9.05. The second kappa shape index (κ2) is 8.56. The van der Waals surface area contributed by atoms with Crippen LogP contribution in [0.2, 0.25) is 0 Å². The standard InChI is InChI=1S/C21H21NO6/c1-3-4-9-26-19-11-16(22(24)25)6-5-15(19)13-27-17-7-8-18-14(2)10-21(23)28-20(18)12-17/h5-8,10-12H,3-4,9,13H2,1-2H3. The van der Waals surface area contributed by atoms with Crippen LogP contribution in [0.1, 0.15) is 30.9 Å². The van der Waals surface area contributed by atoms with E-state index in [9.17, 15) is 14.9 Å². The molecule has 146 valence electrons. The van der Waals surface area contributed by atoms with Crippen molar-refractivity contribution in [1.29, 1.82) is 0 Å². The topological polar surface area (TPSA) is 91.8 Å². The van der Waals surface area contributed by atoms with Gasteiger partial charge in [-0.3, -0.25) is 10.1 Å². The number of fused-ring (bicyclic) bond motifs is 1. The van der Waals surface area contributed by atoms with Gasteiger partial charge in [0.15, 0.2) is 0 Å². The van der Waals surface area contributed by atoms with Crippen LogP contribution in [-0.2, 0) is 6.61 Å². The van der Waals surface area contributed by atoms with Gasteiger partial charge in [-0.2, -0.15) is 0 Å². The molecule has 0 saturated heterocycles. The fourth-order valence-corrected chi connectivity index (χ4v) is 2.79. The van der Waals surface area contributed by atoms with Crippen molar-refractivity contribution in [3.63, 3.8) is 0 Å². The molecule has 0 radical (unpaired) electrons. The molecule has 0 saturated carbocycles. The smallest absolute Gasteiger partial charge is 0.336 e. The summed E-state index contributed by atoms with van der Waals surface area (Å²) in [5.74, 6) is 0.963. The van der Waals surface area contributed by atoms with Crippen LogP contribution in [0.5, 0.6) is 11.5 Å². The molecule has 3 rings (SSSR count). The molecule has 7 heteroatoms. The first-order valence-corrected chi connectivity index (χ1v) is 9.05. The van der Waals surface area contributed by atoms with Crippen LogP contribution in [0, 0.1) is 17.0 Å². The van der Waals surface area contributed by atoms with E-state index in [2.05, 4.69) is 0 Å². The zero-order valence-electron chi connectivity index (χ0n) is 15.8. The van der Waals surface area contributed by atoms with Crippen LogP contribution in [0.25, 0.3) is 11.0 Å². The van der Waals surface area contributed by atoms with Crippen LogP contribution in [0.15, 0.2) is 51.7 Å². The quantitative estimate of drug-likeness (QED) is 0.241. The van der Waals surface area contributed by atoms with Gasteiger partial charge < -0.3 is 13.9 Å². The molecule has 28 heavy (non-hydrogen) atoms. The van der Waals surface area contributed by atoms with Crippen molar-refractivity contribution in [2.24, 2.45) is 0 Å². The lowest BCUT2D eigenvalue weighted by Gasteiger charge is -2.13. The van der Waals surface area contributed by atoms with Crippen molar-refractivity contribution >= 4 is 16.7 Å². The number of hydrogen-bond donors (Lipinski definition) is 0. The Kier molecular flexibility index (Phi) is 5.93. The van der Waals surface area contributed by atoms with Crippen LogP contribution in [-0.4, -0.2) is 11.5 Å². The molecule has 0 bridgehead atoms. The van der Waals surface area contributed by atoms with Crippen molar-refractivity contribution in [3.8, 4) is 11.5 Å². The zero-order chi connectivity index (χ0) is 20.1. The number of rotatable bonds is 8. The predicted octanol–water partition coefficient (Wildman–Crippen LogP) is 4.77. The third kappa shape index (κ3) is 4.49. The lowest BCUT2D eigenvalue weighted by atomic mass is 10.1. The summed E-state index contributed by atoms with van der Waals surface area (Å²) in [6.07, 6.45) is 1.81. The number of aryl methyl sites for hydroxylation is 1. The molecule has 0 atom stereocenters. The van der Waals surface area contributed by atoms with Gasteiger partial charge in [-0.1, -0.05) is 13.3 Å². The minimum atomic E-state index is -0.453. The number of nitro benzene ring substituents is 1. The summed E-state index contributed by atoms with van der Waals surface area (Å²) in [5, 5.41) is 11.9. The molecule has 0 aliphatic rings. The van der Waals surface area contributed by atoms with E-state index >= 15 is 0 Å². The average molecular weight is 383 g/mol. The molecule has 2 aromatic carbocycles. The minimum absolute atomic E-state index is 0.0294. The predicted molar refractivity (Wildman–Crippen MR) is 105 cm³/mol. The van der Waals surface area contributed by atoms with E-state index in [1.807, 2.05) is 19.9 Å². The highest BCUT2D eigenvalue weighted by molar-refractivity contribution is 5.81. The Bertz CT molecular complexity index is 1060. The lowest BCUT2D eigenvalue weighted by molar-refractivity contribution is -0.385. The number of unbranched alkanes of at least 4 members (excludes halogenated alkanes) is 1. The van der Waals surface area contributed by atoms with E-state index < -0.39 is 10.5 Å². The van der Waals surface area contributed by atoms with Gasteiger partial charge in [0.1, 0.15) is 23.7 Å². The van der Waals surface area contributed by atoms with Crippen molar-refractivity contribution in [2.75, 3.05) is 6.61 Å². The maximum atomic E-state index is 11.6. The van der Waals surface area contributed by atoms with Crippen molar-refractivity contribution in [1.82, 2.24) is 0 Å². The fraction of sp³-hybridized carbons (Fsp3) is 0.286. The molecule has 0 unspecified atom stereocenters. The number of benzene rings is 2. The highest BCUT2D eigenvalue weighted by Gasteiger charge is 2.13. The third-order valence-corrected chi connectivity index (χ3v) is 4.33. The Morgan fingerprint density at radius 3 is 2.68 bits per heavy atom. The molecule has 0 amide bonds. The largest absolute Gasteiger partial charge is 0.493 e. The summed E-state index contributed by atoms with van der Waals surface area (Å²) in [7, 11) is 0. The summed E-state index contributed by atoms with van der Waals surface area (Å²) in [6.45, 7) is 4.53. The van der Waals surface area contributed by atoms with E-state index in [1.54, 1.807) is 18.2 Å². The molecular formula is C21H21NO6. The molecular weight excluding hydrogens is 362 g/mol. The van der Waals surface area contributed by atoms with Gasteiger partial charge in [0.05, 0.1) is 17.6 Å². The Balaban J connectivity index is 1.82. The summed E-state index contributed by atoms with van der Waals surface area (Å²) >= 11 is 0. The molecule has 7 nitrogen and oxygen atoms in total. The SMILES string of the molecule is CCCCOc1cc([N+](=O)[O-])ccc1COc1ccc2c(C)cc(=O)oc2c1. The van der Waals surface area contributed by atoms with E-state index in [0.717, 1.165) is 23.8 Å². The summed E-state index contributed by atoms with van der Waals surface area (Å²) < 4.78 is 16.8. The minimum Gasteiger partial charge on any atom is -0.493 e.